The van der Waals surface area contributed by atoms with Crippen LogP contribution < -0.4 is 4.74 Å². The van der Waals surface area contributed by atoms with Crippen molar-refractivity contribution in [2.24, 2.45) is 4.99 Å². The van der Waals surface area contributed by atoms with E-state index >= 15 is 0 Å². The van der Waals surface area contributed by atoms with E-state index in [2.05, 4.69) is 11.9 Å². The minimum atomic E-state index is -0.484. The Bertz CT molecular complexity index is 784. The van der Waals surface area contributed by atoms with Crippen LogP contribution in [0.3, 0.4) is 0 Å². The monoisotopic (exact) mass is 325 g/mol. The van der Waals surface area contributed by atoms with Crippen LogP contribution in [-0.2, 0) is 9.53 Å². The Labute approximate surface area is 140 Å². The van der Waals surface area contributed by atoms with Crippen LogP contribution in [0.4, 0.5) is 0 Å². The molecule has 0 fully saturated rings. The molecule has 0 amide bonds. The maximum Gasteiger partial charge on any atom is 0.363 e. The molecular weight excluding hydrogens is 306 g/mol. The van der Waals surface area contributed by atoms with Crippen molar-refractivity contribution in [2.75, 3.05) is 6.61 Å². The van der Waals surface area contributed by atoms with Gasteiger partial charge >= 0.3 is 5.97 Å². The van der Waals surface area contributed by atoms with Gasteiger partial charge in [0.1, 0.15) is 17.3 Å². The molecule has 0 bridgehead atoms. The lowest BCUT2D eigenvalue weighted by atomic mass is 10.2. The normalized spacial score (nSPS) is 15.5. The number of cyclic esters (lactones) is 1. The summed E-state index contributed by atoms with van der Waals surface area (Å²) in [5.74, 6) is 1.94. The summed E-state index contributed by atoms with van der Waals surface area (Å²) in [6.07, 6.45) is 3.69. The first kappa shape index (κ1) is 16.1. The number of carbonyl (C=O) groups is 1. The van der Waals surface area contributed by atoms with Crippen molar-refractivity contribution < 1.29 is 18.7 Å². The molecule has 5 nitrogen and oxygen atoms in total. The standard InChI is InChI=1S/C19H19NO4/c1-3-4-11-22-15-9-6-14(7-10-15)18-20-17(19(21)24-18)12-16-8-5-13(2)23-16/h5-10,12H,3-4,11H2,1-2H3/b17-12+. The van der Waals surface area contributed by atoms with E-state index in [1.807, 2.05) is 37.3 Å². The Morgan fingerprint density at radius 3 is 2.62 bits per heavy atom. The number of furan rings is 1. The molecular formula is C19H19NO4. The molecule has 1 aromatic carbocycles. The molecule has 1 aliphatic rings. The number of rotatable bonds is 6. The van der Waals surface area contributed by atoms with E-state index in [1.165, 1.54) is 0 Å². The van der Waals surface area contributed by atoms with Gasteiger partial charge in [-0.25, -0.2) is 9.79 Å². The first-order valence-electron chi connectivity index (χ1n) is 7.98. The van der Waals surface area contributed by atoms with Crippen LogP contribution in [0.25, 0.3) is 6.08 Å². The topological polar surface area (TPSA) is 61.0 Å². The third kappa shape index (κ3) is 3.74. The summed E-state index contributed by atoms with van der Waals surface area (Å²) < 4.78 is 16.3. The van der Waals surface area contributed by atoms with E-state index in [4.69, 9.17) is 13.9 Å². The molecule has 0 spiro atoms. The average Bonchev–Trinajstić information content (AvgIpc) is 3.15. The number of aryl methyl sites for hydroxylation is 1. The Kier molecular flexibility index (Phi) is 4.79. The van der Waals surface area contributed by atoms with Gasteiger partial charge in [0.25, 0.3) is 0 Å². The van der Waals surface area contributed by atoms with E-state index in [0.717, 1.165) is 29.9 Å². The molecule has 0 saturated carbocycles. The largest absolute Gasteiger partial charge is 0.494 e. The van der Waals surface area contributed by atoms with Crippen molar-refractivity contribution in [3.8, 4) is 5.75 Å². The van der Waals surface area contributed by atoms with Crippen LogP contribution in [0.2, 0.25) is 0 Å². The van der Waals surface area contributed by atoms with Crippen LogP contribution in [-0.4, -0.2) is 18.5 Å². The fourth-order valence-corrected chi connectivity index (χ4v) is 2.23. The summed E-state index contributed by atoms with van der Waals surface area (Å²) in [6, 6.07) is 11.0. The molecule has 0 atom stereocenters. The molecule has 2 aromatic rings. The fourth-order valence-electron chi connectivity index (χ4n) is 2.23. The van der Waals surface area contributed by atoms with Crippen molar-refractivity contribution >= 4 is 17.9 Å². The number of carbonyl (C=O) groups excluding carboxylic acids is 1. The second-order valence-corrected chi connectivity index (χ2v) is 5.51. The fraction of sp³-hybridized carbons (Fsp3) is 0.263. The SMILES string of the molecule is CCCCOc1ccc(C2=N/C(=C/c3ccc(C)o3)C(=O)O2)cc1. The van der Waals surface area contributed by atoms with Crippen LogP contribution in [0.15, 0.2) is 51.5 Å². The lowest BCUT2D eigenvalue weighted by Crippen LogP contribution is -2.05. The van der Waals surface area contributed by atoms with Crippen LogP contribution in [0, 0.1) is 6.92 Å². The molecule has 0 radical (unpaired) electrons. The molecule has 0 N–H and O–H groups in total. The van der Waals surface area contributed by atoms with Gasteiger partial charge in [-0.2, -0.15) is 0 Å². The number of hydrogen-bond acceptors (Lipinski definition) is 5. The average molecular weight is 325 g/mol. The summed E-state index contributed by atoms with van der Waals surface area (Å²) in [5, 5.41) is 0. The van der Waals surface area contributed by atoms with E-state index in [-0.39, 0.29) is 11.6 Å². The van der Waals surface area contributed by atoms with E-state index in [9.17, 15) is 4.79 Å². The molecule has 3 rings (SSSR count). The Balaban J connectivity index is 1.74. The number of esters is 1. The van der Waals surface area contributed by atoms with Crippen molar-refractivity contribution in [3.63, 3.8) is 0 Å². The minimum Gasteiger partial charge on any atom is -0.494 e. The number of unbranched alkanes of at least 4 members (excludes halogenated alkanes) is 1. The molecule has 1 aliphatic heterocycles. The van der Waals surface area contributed by atoms with Gasteiger partial charge in [-0.05, 0) is 49.7 Å². The van der Waals surface area contributed by atoms with Gasteiger partial charge in [0.2, 0.25) is 5.90 Å². The maximum atomic E-state index is 11.9. The highest BCUT2D eigenvalue weighted by Crippen LogP contribution is 2.21. The van der Waals surface area contributed by atoms with E-state index < -0.39 is 5.97 Å². The molecule has 0 aliphatic carbocycles. The highest BCUT2D eigenvalue weighted by molar-refractivity contribution is 6.12. The molecule has 5 heteroatoms. The first-order valence-corrected chi connectivity index (χ1v) is 7.98. The van der Waals surface area contributed by atoms with Gasteiger partial charge in [-0.3, -0.25) is 0 Å². The predicted molar refractivity (Wildman–Crippen MR) is 90.9 cm³/mol. The molecule has 24 heavy (non-hydrogen) atoms. The number of aliphatic imine (C=N–C) groups is 1. The minimum absolute atomic E-state index is 0.225. The lowest BCUT2D eigenvalue weighted by Gasteiger charge is -2.05. The number of nitrogens with zero attached hydrogens (tertiary/aromatic N) is 1. The lowest BCUT2D eigenvalue weighted by molar-refractivity contribution is -0.129. The Morgan fingerprint density at radius 2 is 1.96 bits per heavy atom. The zero-order valence-electron chi connectivity index (χ0n) is 13.7. The van der Waals surface area contributed by atoms with Crippen molar-refractivity contribution in [1.29, 1.82) is 0 Å². The maximum absolute atomic E-state index is 11.9. The molecule has 0 saturated heterocycles. The van der Waals surface area contributed by atoms with E-state index in [0.29, 0.717) is 12.4 Å². The van der Waals surface area contributed by atoms with E-state index in [1.54, 1.807) is 12.1 Å². The zero-order chi connectivity index (χ0) is 16.9. The van der Waals surface area contributed by atoms with Crippen molar-refractivity contribution in [3.05, 3.63) is 59.2 Å². The number of benzene rings is 1. The zero-order valence-corrected chi connectivity index (χ0v) is 13.7. The smallest absolute Gasteiger partial charge is 0.363 e. The number of ether oxygens (including phenoxy) is 2. The molecule has 1 aromatic heterocycles. The second kappa shape index (κ2) is 7.17. The summed E-state index contributed by atoms with van der Waals surface area (Å²) in [6.45, 7) is 4.66. The van der Waals surface area contributed by atoms with Crippen molar-refractivity contribution in [1.82, 2.24) is 0 Å². The molecule has 124 valence electrons. The summed E-state index contributed by atoms with van der Waals surface area (Å²) in [5.41, 5.74) is 0.952. The third-order valence-corrected chi connectivity index (χ3v) is 3.53. The molecule has 0 unspecified atom stereocenters. The number of hydrogen-bond donors (Lipinski definition) is 0. The van der Waals surface area contributed by atoms with Crippen molar-refractivity contribution in [2.45, 2.75) is 26.7 Å². The van der Waals surface area contributed by atoms with Gasteiger partial charge < -0.3 is 13.9 Å². The highest BCUT2D eigenvalue weighted by atomic mass is 16.6. The second-order valence-electron chi connectivity index (χ2n) is 5.51. The van der Waals surface area contributed by atoms with Crippen LogP contribution in [0.1, 0.15) is 36.8 Å². The van der Waals surface area contributed by atoms with Crippen LogP contribution >= 0.6 is 0 Å². The highest BCUT2D eigenvalue weighted by Gasteiger charge is 2.24. The molecule has 2 heterocycles. The quantitative estimate of drug-likeness (QED) is 0.455. The Morgan fingerprint density at radius 1 is 1.17 bits per heavy atom. The predicted octanol–water partition coefficient (Wildman–Crippen LogP) is 4.11. The van der Waals surface area contributed by atoms with Crippen LogP contribution in [0.5, 0.6) is 5.75 Å². The Hall–Kier alpha value is -2.82. The first-order chi connectivity index (χ1) is 11.7. The summed E-state index contributed by atoms with van der Waals surface area (Å²) in [4.78, 5) is 16.2. The van der Waals surface area contributed by atoms with Gasteiger partial charge in [0.15, 0.2) is 5.70 Å². The van der Waals surface area contributed by atoms with Gasteiger partial charge in [-0.1, -0.05) is 13.3 Å². The summed E-state index contributed by atoms with van der Waals surface area (Å²) in [7, 11) is 0. The summed E-state index contributed by atoms with van der Waals surface area (Å²) >= 11 is 0. The van der Waals surface area contributed by atoms with Gasteiger partial charge in [-0.15, -0.1) is 0 Å². The van der Waals surface area contributed by atoms with Gasteiger partial charge in [0.05, 0.1) is 6.61 Å². The third-order valence-electron chi connectivity index (χ3n) is 3.53. The van der Waals surface area contributed by atoms with Gasteiger partial charge in [0, 0.05) is 11.6 Å².